The van der Waals surface area contributed by atoms with Crippen LogP contribution in [0.4, 0.5) is 0 Å². The zero-order chi connectivity index (χ0) is 35.6. The molecule has 0 saturated carbocycles. The zero-order valence-corrected chi connectivity index (χ0v) is 29.4. The van der Waals surface area contributed by atoms with Crippen molar-refractivity contribution in [1.82, 2.24) is 19.4 Å². The molecule has 13 nitrogen and oxygen atoms in total. The van der Waals surface area contributed by atoms with Gasteiger partial charge in [-0.3, -0.25) is 10.4 Å². The summed E-state index contributed by atoms with van der Waals surface area (Å²) in [6.07, 6.45) is 2.60. The molecule has 4 aromatic carbocycles. The van der Waals surface area contributed by atoms with Crippen molar-refractivity contribution in [1.29, 1.82) is 5.41 Å². The second-order valence-corrected chi connectivity index (χ2v) is 15.2. The smallest absolute Gasteiger partial charge is 0.343 e. The molecule has 264 valence electrons. The minimum Gasteiger partial charge on any atom is -0.369 e. The van der Waals surface area contributed by atoms with Crippen LogP contribution in [0.2, 0.25) is 0 Å². The van der Waals surface area contributed by atoms with E-state index >= 15 is 0 Å². The number of carbonyl (C=O) groups excluding carboxylic acids is 1. The predicted molar refractivity (Wildman–Crippen MR) is 191 cm³/mol. The fourth-order valence-electron chi connectivity index (χ4n) is 5.36. The van der Waals surface area contributed by atoms with Crippen molar-refractivity contribution >= 4 is 53.5 Å². The molecular formula is C34H45N7O6S2. The highest BCUT2D eigenvalue weighted by Crippen LogP contribution is 2.28. The summed E-state index contributed by atoms with van der Waals surface area (Å²) >= 11 is 0. The van der Waals surface area contributed by atoms with Crippen molar-refractivity contribution in [2.45, 2.75) is 68.2 Å². The molecule has 0 saturated heterocycles. The fourth-order valence-corrected chi connectivity index (χ4v) is 8.55. The Morgan fingerprint density at radius 3 is 1.82 bits per heavy atom. The van der Waals surface area contributed by atoms with Crippen LogP contribution in [0.25, 0.3) is 21.5 Å². The molecule has 0 spiro atoms. The second kappa shape index (κ2) is 17.0. The summed E-state index contributed by atoms with van der Waals surface area (Å²) in [6.45, 7) is 3.92. The molecule has 0 aliphatic carbocycles. The highest BCUT2D eigenvalue weighted by atomic mass is 32.2. The number of hydrogen-bond donors (Lipinski definition) is 4. The van der Waals surface area contributed by atoms with Gasteiger partial charge in [0.05, 0.1) is 9.79 Å². The van der Waals surface area contributed by atoms with Gasteiger partial charge in [0.15, 0.2) is 0 Å². The number of benzene rings is 4. The van der Waals surface area contributed by atoms with Crippen LogP contribution in [-0.2, 0) is 29.7 Å². The quantitative estimate of drug-likeness (QED) is 0.0651. The highest BCUT2D eigenvalue weighted by Gasteiger charge is 2.33. The van der Waals surface area contributed by atoms with Gasteiger partial charge in [0.2, 0.25) is 5.96 Å². The van der Waals surface area contributed by atoms with Crippen LogP contribution in [0.1, 0.15) is 52.4 Å². The lowest BCUT2D eigenvalue weighted by Crippen LogP contribution is -2.53. The van der Waals surface area contributed by atoms with Gasteiger partial charge in [0.1, 0.15) is 6.04 Å². The maximum Gasteiger partial charge on any atom is 0.343 e. The zero-order valence-electron chi connectivity index (χ0n) is 27.8. The summed E-state index contributed by atoms with van der Waals surface area (Å²) in [6, 6.07) is 23.0. The first-order valence-corrected chi connectivity index (χ1v) is 19.2. The van der Waals surface area contributed by atoms with E-state index in [2.05, 4.69) is 5.59 Å². The molecule has 49 heavy (non-hydrogen) atoms. The molecule has 15 heteroatoms. The first kappa shape index (κ1) is 37.7. The Morgan fingerprint density at radius 1 is 0.755 bits per heavy atom. The van der Waals surface area contributed by atoms with E-state index in [0.717, 1.165) is 19.6 Å². The molecular weight excluding hydrogens is 667 g/mol. The molecule has 0 radical (unpaired) electrons. The summed E-state index contributed by atoms with van der Waals surface area (Å²) < 4.78 is 57.5. The van der Waals surface area contributed by atoms with Crippen LogP contribution in [0.3, 0.4) is 0 Å². The number of fused-ring (bicyclic) bond motifs is 2. The Hall–Kier alpha value is -4.12. The van der Waals surface area contributed by atoms with E-state index in [0.29, 0.717) is 36.5 Å². The minimum absolute atomic E-state index is 0.0322. The highest BCUT2D eigenvalue weighted by molar-refractivity contribution is 7.89. The number of nitrogens with one attached hydrogen (secondary N) is 2. The summed E-state index contributed by atoms with van der Waals surface area (Å²) in [7, 11) is -8.27. The second-order valence-electron chi connectivity index (χ2n) is 11.6. The third-order valence-corrected chi connectivity index (χ3v) is 11.6. The SMILES string of the molecule is CCCCN(NOC(=O)[C@@H](N)CCCN(C(=N)N)N(CCCC)S(=O)(=O)c1cccc2ccccc12)S(=O)(=O)c1cccc2ccccc12. The Morgan fingerprint density at radius 2 is 1.27 bits per heavy atom. The third-order valence-electron chi connectivity index (χ3n) is 8.02. The Labute approximate surface area is 288 Å². The van der Waals surface area contributed by atoms with Crippen molar-refractivity contribution in [2.24, 2.45) is 11.5 Å². The van der Waals surface area contributed by atoms with Crippen molar-refractivity contribution in [3.05, 3.63) is 84.9 Å². The van der Waals surface area contributed by atoms with E-state index in [1.54, 1.807) is 36.4 Å². The van der Waals surface area contributed by atoms with Crippen LogP contribution in [0, 0.1) is 5.41 Å². The molecule has 0 aromatic heterocycles. The van der Waals surface area contributed by atoms with Gasteiger partial charge in [-0.25, -0.2) is 21.6 Å². The van der Waals surface area contributed by atoms with Gasteiger partial charge in [-0.1, -0.05) is 105 Å². The van der Waals surface area contributed by atoms with Gasteiger partial charge in [-0.05, 0) is 48.6 Å². The van der Waals surface area contributed by atoms with Crippen LogP contribution in [0.15, 0.2) is 94.7 Å². The number of hydrogen-bond acceptors (Lipinski definition) is 9. The molecule has 6 N–H and O–H groups in total. The largest absolute Gasteiger partial charge is 0.369 e. The average Bonchev–Trinajstić information content (AvgIpc) is 3.09. The van der Waals surface area contributed by atoms with Crippen molar-refractivity contribution in [3.8, 4) is 0 Å². The molecule has 0 amide bonds. The van der Waals surface area contributed by atoms with E-state index in [1.807, 2.05) is 50.2 Å². The molecule has 1 atom stereocenters. The molecule has 0 aliphatic heterocycles. The number of rotatable bonds is 18. The number of unbranched alkanes of at least 4 members (excludes halogenated alkanes) is 2. The molecule has 4 rings (SSSR count). The molecule has 0 heterocycles. The van der Waals surface area contributed by atoms with Crippen LogP contribution < -0.4 is 17.1 Å². The molecule has 0 bridgehead atoms. The summed E-state index contributed by atoms with van der Waals surface area (Å²) in [5.41, 5.74) is 14.4. The first-order chi connectivity index (χ1) is 23.4. The Bertz CT molecular complexity index is 1960. The molecule has 4 aromatic rings. The fraction of sp³-hybridized carbons (Fsp3) is 0.353. The lowest BCUT2D eigenvalue weighted by molar-refractivity contribution is -0.161. The van der Waals surface area contributed by atoms with Gasteiger partial charge in [0, 0.05) is 30.4 Å². The van der Waals surface area contributed by atoms with Gasteiger partial charge in [-0.15, -0.1) is 8.83 Å². The number of hydrazine groups is 2. The maximum absolute atomic E-state index is 14.1. The monoisotopic (exact) mass is 711 g/mol. The standard InChI is InChI=1S/C34H45N7O6S2/c1-3-5-24-40(48(43,44)31-21-11-16-26-14-7-9-18-28(26)31)38-47-33(42)30(35)20-13-23-39(34(36)37)41(25-6-4-2)49(45,46)32-22-12-17-27-15-8-10-19-29(27)32/h7-12,14-19,21-22,30,38H,3-6,13,20,23-25,35H2,1-2H3,(H3,36,37)/t30-/m0/s1. The van der Waals surface area contributed by atoms with Gasteiger partial charge < -0.3 is 16.3 Å². The summed E-state index contributed by atoms with van der Waals surface area (Å²) in [5, 5.41) is 12.0. The van der Waals surface area contributed by atoms with Gasteiger partial charge in [0.25, 0.3) is 20.0 Å². The Kier molecular flexibility index (Phi) is 13.1. The lowest BCUT2D eigenvalue weighted by atomic mass is 10.1. The summed E-state index contributed by atoms with van der Waals surface area (Å²) in [5.74, 6) is -1.39. The predicted octanol–water partition coefficient (Wildman–Crippen LogP) is 4.46. The lowest BCUT2D eigenvalue weighted by Gasteiger charge is -2.34. The normalized spacial score (nSPS) is 12.8. The molecule has 0 unspecified atom stereocenters. The number of nitrogens with two attached hydrogens (primary N) is 2. The number of carbonyl (C=O) groups is 1. The topological polar surface area (TPSA) is 192 Å². The van der Waals surface area contributed by atoms with Gasteiger partial charge in [-0.2, -0.15) is 0 Å². The Balaban J connectivity index is 1.45. The third kappa shape index (κ3) is 8.92. The van der Waals surface area contributed by atoms with Crippen molar-refractivity contribution in [3.63, 3.8) is 0 Å². The van der Waals surface area contributed by atoms with Crippen molar-refractivity contribution in [2.75, 3.05) is 19.6 Å². The number of sulfonamides is 2. The van der Waals surface area contributed by atoms with Crippen molar-refractivity contribution < 1.29 is 26.5 Å². The van der Waals surface area contributed by atoms with E-state index in [9.17, 15) is 21.6 Å². The van der Waals surface area contributed by atoms with Crippen LogP contribution >= 0.6 is 0 Å². The summed E-state index contributed by atoms with van der Waals surface area (Å²) in [4.78, 5) is 18.3. The minimum atomic E-state index is -4.14. The van der Waals surface area contributed by atoms with Crippen LogP contribution in [0.5, 0.6) is 0 Å². The van der Waals surface area contributed by atoms with E-state index in [4.69, 9.17) is 21.7 Å². The number of guanidine groups is 1. The van der Waals surface area contributed by atoms with E-state index in [1.165, 1.54) is 17.1 Å². The van der Waals surface area contributed by atoms with E-state index < -0.39 is 38.0 Å². The molecule has 0 fully saturated rings. The average molecular weight is 712 g/mol. The van der Waals surface area contributed by atoms with Gasteiger partial charge >= 0.3 is 5.97 Å². The van der Waals surface area contributed by atoms with Crippen LogP contribution in [-0.4, -0.2) is 68.3 Å². The number of nitrogens with zero attached hydrogens (tertiary/aromatic N) is 3. The van der Waals surface area contributed by atoms with E-state index in [-0.39, 0.29) is 42.3 Å². The maximum atomic E-state index is 14.1. The first-order valence-electron chi connectivity index (χ1n) is 16.3. The molecule has 0 aliphatic rings.